The lowest BCUT2D eigenvalue weighted by molar-refractivity contribution is 1.06. The van der Waals surface area contributed by atoms with Gasteiger partial charge in [0, 0.05) is 0 Å². The summed E-state index contributed by atoms with van der Waals surface area (Å²) in [6.45, 7) is 0. The van der Waals surface area contributed by atoms with Crippen LogP contribution in [0, 0.1) is 0 Å². The molecule has 1 aliphatic carbocycles. The van der Waals surface area contributed by atoms with Crippen molar-refractivity contribution >= 4 is 11.1 Å². The zero-order valence-electron chi connectivity index (χ0n) is 10.3. The number of hydrogen-bond acceptors (Lipinski definition) is 0. The minimum atomic E-state index is 0. The van der Waals surface area contributed by atoms with Crippen LogP contribution in [-0.2, 0) is 0 Å². The van der Waals surface area contributed by atoms with Crippen LogP contribution in [0.2, 0.25) is 0 Å². The fourth-order valence-electron chi connectivity index (χ4n) is 2.41. The van der Waals surface area contributed by atoms with E-state index in [1.165, 1.54) is 22.3 Å². The lowest BCUT2D eigenvalue weighted by Crippen LogP contribution is -1.92. The van der Waals surface area contributed by atoms with E-state index in [1.54, 1.807) is 0 Å². The van der Waals surface area contributed by atoms with Crippen molar-refractivity contribution in [2.24, 2.45) is 0 Å². The summed E-state index contributed by atoms with van der Waals surface area (Å²) in [7, 11) is 0. The largest absolute Gasteiger partial charge is 0.0776 e. The van der Waals surface area contributed by atoms with Gasteiger partial charge >= 0.3 is 0 Å². The lowest BCUT2D eigenvalue weighted by Gasteiger charge is -2.14. The van der Waals surface area contributed by atoms with Crippen molar-refractivity contribution in [3.8, 4) is 0 Å². The first-order valence-corrected chi connectivity index (χ1v) is 6.45. The van der Waals surface area contributed by atoms with Gasteiger partial charge in [0.1, 0.15) is 0 Å². The Kier molecular flexibility index (Phi) is 5.99. The molecule has 2 aromatic carbocycles. The highest BCUT2D eigenvalue weighted by Gasteiger charge is 2.08. The van der Waals surface area contributed by atoms with E-state index in [1.807, 2.05) is 0 Å². The molecule has 0 atom stereocenters. The third-order valence-corrected chi connectivity index (χ3v) is 3.36. The second-order valence-corrected chi connectivity index (χ2v) is 4.60. The summed E-state index contributed by atoms with van der Waals surface area (Å²) in [5, 5.41) is 0. The second kappa shape index (κ2) is 7.49. The summed E-state index contributed by atoms with van der Waals surface area (Å²) in [6, 6.07) is 21.3. The van der Waals surface area contributed by atoms with E-state index in [2.05, 4.69) is 72.8 Å². The van der Waals surface area contributed by atoms with Crippen molar-refractivity contribution in [3.05, 3.63) is 83.9 Å². The van der Waals surface area contributed by atoms with E-state index in [9.17, 15) is 0 Å². The number of allylic oxidation sites excluding steroid dienone is 4. The molecule has 0 spiro atoms. The SMILES string of the molecule is C.C.C1=C(c2ccccc2)C=C(c2ccccc2)CC1. The Balaban J connectivity index is 0.000001000. The van der Waals surface area contributed by atoms with Crippen LogP contribution in [0.5, 0.6) is 0 Å². The van der Waals surface area contributed by atoms with Gasteiger partial charge in [0.25, 0.3) is 0 Å². The van der Waals surface area contributed by atoms with Gasteiger partial charge in [0.05, 0.1) is 0 Å². The minimum absolute atomic E-state index is 0. The molecule has 2 aromatic rings. The van der Waals surface area contributed by atoms with Crippen LogP contribution < -0.4 is 0 Å². The summed E-state index contributed by atoms with van der Waals surface area (Å²) in [5.74, 6) is 0. The molecule has 0 bridgehead atoms. The van der Waals surface area contributed by atoms with E-state index < -0.39 is 0 Å². The number of benzene rings is 2. The van der Waals surface area contributed by atoms with Crippen LogP contribution in [0.15, 0.2) is 72.8 Å². The molecule has 0 aliphatic heterocycles. The molecular weight excluding hydrogens is 240 g/mol. The van der Waals surface area contributed by atoms with Crippen molar-refractivity contribution in [3.63, 3.8) is 0 Å². The lowest BCUT2D eigenvalue weighted by atomic mass is 9.91. The topological polar surface area (TPSA) is 0 Å². The molecular formula is C20H24. The maximum atomic E-state index is 2.34. The molecule has 0 saturated carbocycles. The van der Waals surface area contributed by atoms with Crippen molar-refractivity contribution in [2.75, 3.05) is 0 Å². The molecule has 20 heavy (non-hydrogen) atoms. The molecule has 0 nitrogen and oxygen atoms in total. The van der Waals surface area contributed by atoms with Crippen LogP contribution in [0.3, 0.4) is 0 Å². The van der Waals surface area contributed by atoms with Gasteiger partial charge < -0.3 is 0 Å². The molecule has 0 heteroatoms. The average molecular weight is 264 g/mol. The normalized spacial score (nSPS) is 13.4. The van der Waals surface area contributed by atoms with Crippen LogP contribution >= 0.6 is 0 Å². The number of rotatable bonds is 2. The Morgan fingerprint density at radius 2 is 1.20 bits per heavy atom. The highest BCUT2D eigenvalue weighted by Crippen LogP contribution is 2.30. The molecule has 0 heterocycles. The number of hydrogen-bond donors (Lipinski definition) is 0. The van der Waals surface area contributed by atoms with E-state index in [-0.39, 0.29) is 14.9 Å². The molecule has 0 fully saturated rings. The highest BCUT2D eigenvalue weighted by atomic mass is 14.1. The highest BCUT2D eigenvalue weighted by molar-refractivity contribution is 5.85. The van der Waals surface area contributed by atoms with Crippen LogP contribution in [-0.4, -0.2) is 0 Å². The molecule has 0 unspecified atom stereocenters. The molecule has 0 N–H and O–H groups in total. The second-order valence-electron chi connectivity index (χ2n) is 4.60. The van der Waals surface area contributed by atoms with Gasteiger partial charge in [-0.1, -0.05) is 87.7 Å². The molecule has 3 rings (SSSR count). The zero-order valence-corrected chi connectivity index (χ0v) is 10.3. The van der Waals surface area contributed by atoms with Gasteiger partial charge in [-0.2, -0.15) is 0 Å². The van der Waals surface area contributed by atoms with E-state index in [4.69, 9.17) is 0 Å². The van der Waals surface area contributed by atoms with E-state index >= 15 is 0 Å². The Morgan fingerprint density at radius 3 is 1.80 bits per heavy atom. The molecule has 0 saturated heterocycles. The first-order valence-electron chi connectivity index (χ1n) is 6.45. The van der Waals surface area contributed by atoms with Crippen molar-refractivity contribution in [1.82, 2.24) is 0 Å². The summed E-state index contributed by atoms with van der Waals surface area (Å²) < 4.78 is 0. The minimum Gasteiger partial charge on any atom is -0.0776 e. The third kappa shape index (κ3) is 3.48. The fourth-order valence-corrected chi connectivity index (χ4v) is 2.41. The first kappa shape index (κ1) is 16.0. The average Bonchev–Trinajstić information content (AvgIpc) is 2.49. The predicted octanol–water partition coefficient (Wildman–Crippen LogP) is 6.22. The van der Waals surface area contributed by atoms with Gasteiger partial charge in [0.2, 0.25) is 0 Å². The van der Waals surface area contributed by atoms with Gasteiger partial charge in [-0.25, -0.2) is 0 Å². The summed E-state index contributed by atoms with van der Waals surface area (Å²) in [6.07, 6.45) is 6.93. The monoisotopic (exact) mass is 264 g/mol. The predicted molar refractivity (Wildman–Crippen MR) is 91.5 cm³/mol. The Labute approximate surface area is 123 Å². The fraction of sp³-hybridized carbons (Fsp3) is 0.200. The van der Waals surface area contributed by atoms with Gasteiger partial charge in [0.15, 0.2) is 0 Å². The maximum Gasteiger partial charge on any atom is -0.0187 e. The van der Waals surface area contributed by atoms with Gasteiger partial charge in [-0.05, 0) is 35.1 Å². The zero-order chi connectivity index (χ0) is 12.2. The van der Waals surface area contributed by atoms with E-state index in [0.717, 1.165) is 12.8 Å². The Bertz CT molecular complexity index is 574. The summed E-state index contributed by atoms with van der Waals surface area (Å²) in [5.41, 5.74) is 5.45. The van der Waals surface area contributed by atoms with Crippen molar-refractivity contribution < 1.29 is 0 Å². The first-order chi connectivity index (χ1) is 8.93. The smallest absolute Gasteiger partial charge is 0.0187 e. The van der Waals surface area contributed by atoms with Crippen LogP contribution in [0.25, 0.3) is 11.1 Å². The molecule has 0 radical (unpaired) electrons. The van der Waals surface area contributed by atoms with Crippen molar-refractivity contribution in [1.29, 1.82) is 0 Å². The van der Waals surface area contributed by atoms with Gasteiger partial charge in [-0.3, -0.25) is 0 Å². The molecule has 1 aliphatic rings. The third-order valence-electron chi connectivity index (χ3n) is 3.36. The molecule has 0 aromatic heterocycles. The summed E-state index contributed by atoms with van der Waals surface area (Å²) in [4.78, 5) is 0. The van der Waals surface area contributed by atoms with Crippen LogP contribution in [0.4, 0.5) is 0 Å². The Morgan fingerprint density at radius 1 is 0.650 bits per heavy atom. The Hall–Kier alpha value is -2.08. The van der Waals surface area contributed by atoms with Crippen molar-refractivity contribution in [2.45, 2.75) is 27.7 Å². The standard InChI is InChI=1S/C18H16.2CH4/c1-3-8-15(9-4-1)17-12-7-13-18(14-17)16-10-5-2-6-11-16;;/h1-6,8-12,14H,7,13H2;2*1H4. The van der Waals surface area contributed by atoms with Crippen LogP contribution in [0.1, 0.15) is 38.8 Å². The quantitative estimate of drug-likeness (QED) is 0.604. The maximum absolute atomic E-state index is 2.34. The van der Waals surface area contributed by atoms with E-state index in [0.29, 0.717) is 0 Å². The molecule has 0 amide bonds. The van der Waals surface area contributed by atoms with Gasteiger partial charge in [-0.15, -0.1) is 0 Å². The summed E-state index contributed by atoms with van der Waals surface area (Å²) >= 11 is 0. The molecule has 104 valence electrons.